The second-order valence-corrected chi connectivity index (χ2v) is 7.00. The average molecular weight is 331 g/mol. The highest BCUT2D eigenvalue weighted by Gasteiger charge is 2.49. The largest absolute Gasteiger partial charge is 0.512 e. The van der Waals surface area contributed by atoms with Gasteiger partial charge in [-0.25, -0.2) is 0 Å². The highest BCUT2D eigenvalue weighted by Crippen LogP contribution is 2.47. The molecule has 2 rings (SSSR count). The molecule has 0 bridgehead atoms. The topological polar surface area (TPSA) is 77.8 Å². The minimum Gasteiger partial charge on any atom is -0.512 e. The lowest BCUT2D eigenvalue weighted by molar-refractivity contribution is -0.132. The average Bonchev–Trinajstić information content (AvgIpc) is 2.44. The van der Waals surface area contributed by atoms with Gasteiger partial charge < -0.3 is 15.1 Å². The van der Waals surface area contributed by atoms with Gasteiger partial charge in [-0.15, -0.1) is 0 Å². The summed E-state index contributed by atoms with van der Waals surface area (Å²) in [5.41, 5.74) is 0.537. The van der Waals surface area contributed by atoms with E-state index in [9.17, 15) is 19.8 Å². The maximum atomic E-state index is 12.3. The second kappa shape index (κ2) is 6.40. The second-order valence-electron chi connectivity index (χ2n) is 7.00. The molecule has 0 radical (unpaired) electrons. The van der Waals surface area contributed by atoms with Crippen LogP contribution in [0.15, 0.2) is 35.6 Å². The molecule has 3 atom stereocenters. The Bertz CT molecular complexity index is 686. The summed E-state index contributed by atoms with van der Waals surface area (Å²) in [4.78, 5) is 26.3. The summed E-state index contributed by atoms with van der Waals surface area (Å²) >= 11 is 0. The minimum absolute atomic E-state index is 0.0988. The number of rotatable bonds is 4. The highest BCUT2D eigenvalue weighted by atomic mass is 16.3. The van der Waals surface area contributed by atoms with Crippen LogP contribution in [0.25, 0.3) is 0 Å². The zero-order chi connectivity index (χ0) is 18.2. The molecule has 0 unspecified atom stereocenters. The van der Waals surface area contributed by atoms with Gasteiger partial charge >= 0.3 is 0 Å². The van der Waals surface area contributed by atoms with Crippen molar-refractivity contribution in [2.75, 3.05) is 19.0 Å². The van der Waals surface area contributed by atoms with Crippen LogP contribution < -0.4 is 4.90 Å². The third kappa shape index (κ3) is 3.22. The summed E-state index contributed by atoms with van der Waals surface area (Å²) in [5.74, 6) is -2.05. The quantitative estimate of drug-likeness (QED) is 0.887. The molecule has 5 nitrogen and oxygen atoms in total. The van der Waals surface area contributed by atoms with Crippen LogP contribution >= 0.6 is 0 Å². The molecule has 24 heavy (non-hydrogen) atoms. The van der Waals surface area contributed by atoms with Crippen molar-refractivity contribution in [3.05, 3.63) is 41.2 Å². The van der Waals surface area contributed by atoms with E-state index in [1.807, 2.05) is 43.3 Å². The number of aliphatic hydroxyl groups is 2. The first-order valence-electron chi connectivity index (χ1n) is 7.99. The molecule has 1 aromatic carbocycles. The molecule has 130 valence electrons. The molecule has 0 saturated heterocycles. The van der Waals surface area contributed by atoms with E-state index in [0.717, 1.165) is 11.3 Å². The molecule has 0 heterocycles. The predicted molar refractivity (Wildman–Crippen MR) is 93.3 cm³/mol. The molecule has 0 saturated carbocycles. The zero-order valence-electron chi connectivity index (χ0n) is 14.8. The molecule has 0 aromatic heterocycles. The van der Waals surface area contributed by atoms with Gasteiger partial charge in [0, 0.05) is 37.7 Å². The van der Waals surface area contributed by atoms with Crippen molar-refractivity contribution in [2.24, 2.45) is 5.92 Å². The molecule has 0 fully saturated rings. The fraction of sp³-hybridized carbons (Fsp3) is 0.474. The van der Waals surface area contributed by atoms with Crippen molar-refractivity contribution in [3.63, 3.8) is 0 Å². The first kappa shape index (κ1) is 18.2. The maximum Gasteiger partial charge on any atom is 0.159 e. The van der Waals surface area contributed by atoms with Gasteiger partial charge in [0.05, 0.1) is 11.5 Å². The molecular formula is C19H25NO4. The lowest BCUT2D eigenvalue weighted by Crippen LogP contribution is -2.47. The SMILES string of the molecule is CC(=O)C1=C(O)C[C@](C)(O)[C@@H](C(C)=O)[C@@H]1c1ccc(N(C)C)cc1. The lowest BCUT2D eigenvalue weighted by Gasteiger charge is -2.42. The van der Waals surface area contributed by atoms with Gasteiger partial charge in [0.25, 0.3) is 0 Å². The number of anilines is 1. The van der Waals surface area contributed by atoms with Crippen LogP contribution in [0.2, 0.25) is 0 Å². The molecule has 1 aromatic rings. The summed E-state index contributed by atoms with van der Waals surface area (Å²) < 4.78 is 0. The maximum absolute atomic E-state index is 12.3. The van der Waals surface area contributed by atoms with E-state index < -0.39 is 17.4 Å². The molecule has 0 spiro atoms. The third-order valence-electron chi connectivity index (χ3n) is 4.74. The number of aliphatic hydroxyl groups excluding tert-OH is 1. The summed E-state index contributed by atoms with van der Waals surface area (Å²) in [7, 11) is 3.84. The number of carbonyl (C=O) groups excluding carboxylic acids is 2. The normalized spacial score (nSPS) is 27.1. The van der Waals surface area contributed by atoms with Crippen molar-refractivity contribution in [2.45, 2.75) is 38.7 Å². The Morgan fingerprint density at radius 2 is 1.71 bits per heavy atom. The number of hydrogen-bond donors (Lipinski definition) is 2. The molecule has 1 aliphatic carbocycles. The summed E-state index contributed by atoms with van der Waals surface area (Å²) in [5, 5.41) is 21.0. The van der Waals surface area contributed by atoms with E-state index >= 15 is 0 Å². The van der Waals surface area contributed by atoms with Gasteiger partial charge in [-0.3, -0.25) is 9.59 Å². The molecule has 5 heteroatoms. The number of nitrogens with zero attached hydrogens (tertiary/aromatic N) is 1. The Kier molecular flexibility index (Phi) is 4.85. The van der Waals surface area contributed by atoms with E-state index in [4.69, 9.17) is 0 Å². The Labute approximate surface area is 142 Å². The minimum atomic E-state index is -1.40. The Balaban J connectivity index is 2.64. The van der Waals surface area contributed by atoms with Crippen LogP contribution in [0.3, 0.4) is 0 Å². The smallest absolute Gasteiger partial charge is 0.159 e. The zero-order valence-corrected chi connectivity index (χ0v) is 14.8. The number of allylic oxidation sites excluding steroid dienone is 1. The monoisotopic (exact) mass is 331 g/mol. The van der Waals surface area contributed by atoms with Gasteiger partial charge in [-0.05, 0) is 38.5 Å². The fourth-order valence-electron chi connectivity index (χ4n) is 3.68. The third-order valence-corrected chi connectivity index (χ3v) is 4.74. The van der Waals surface area contributed by atoms with Crippen LogP contribution in [-0.4, -0.2) is 41.5 Å². The number of carbonyl (C=O) groups is 2. The summed E-state index contributed by atoms with van der Waals surface area (Å²) in [6.07, 6.45) is -0.0988. The van der Waals surface area contributed by atoms with Crippen molar-refractivity contribution >= 4 is 17.3 Å². The van der Waals surface area contributed by atoms with Crippen molar-refractivity contribution in [3.8, 4) is 0 Å². The Morgan fingerprint density at radius 1 is 1.17 bits per heavy atom. The summed E-state index contributed by atoms with van der Waals surface area (Å²) in [6.45, 7) is 4.33. The molecular weight excluding hydrogens is 306 g/mol. The van der Waals surface area contributed by atoms with Gasteiger partial charge in [0.1, 0.15) is 11.5 Å². The van der Waals surface area contributed by atoms with Crippen LogP contribution in [0.1, 0.15) is 38.7 Å². The lowest BCUT2D eigenvalue weighted by atomic mass is 9.64. The van der Waals surface area contributed by atoms with E-state index in [0.29, 0.717) is 0 Å². The number of benzene rings is 1. The van der Waals surface area contributed by atoms with Crippen molar-refractivity contribution in [1.29, 1.82) is 0 Å². The summed E-state index contributed by atoms with van der Waals surface area (Å²) in [6, 6.07) is 7.47. The molecule has 1 aliphatic rings. The number of ketones is 2. The number of Topliss-reactive ketones (excluding diaryl/α,β-unsaturated/α-hetero) is 2. The van der Waals surface area contributed by atoms with Crippen LogP contribution in [0.5, 0.6) is 0 Å². The number of hydrogen-bond acceptors (Lipinski definition) is 5. The highest BCUT2D eigenvalue weighted by molar-refractivity contribution is 5.97. The van der Waals surface area contributed by atoms with Crippen LogP contribution in [-0.2, 0) is 9.59 Å². The predicted octanol–water partition coefficient (Wildman–Crippen LogP) is 2.60. The van der Waals surface area contributed by atoms with Gasteiger partial charge in [-0.2, -0.15) is 0 Å². The fourth-order valence-corrected chi connectivity index (χ4v) is 3.68. The van der Waals surface area contributed by atoms with Crippen molar-refractivity contribution < 1.29 is 19.8 Å². The van der Waals surface area contributed by atoms with Crippen molar-refractivity contribution in [1.82, 2.24) is 0 Å². The Hall–Kier alpha value is -2.14. The van der Waals surface area contributed by atoms with Gasteiger partial charge in [-0.1, -0.05) is 12.1 Å². The van der Waals surface area contributed by atoms with E-state index in [1.165, 1.54) is 20.8 Å². The molecule has 0 aliphatic heterocycles. The van der Waals surface area contributed by atoms with E-state index in [-0.39, 0.29) is 29.3 Å². The van der Waals surface area contributed by atoms with E-state index in [1.54, 1.807) is 0 Å². The standard InChI is InChI=1S/C19H25NO4/c1-11(21)16-15(23)10-19(3,24)18(12(2)22)17(16)13-6-8-14(9-7-13)20(4)5/h6-9,17-18,23-24H,10H2,1-5H3/t17-,18+,19+/m1/s1. The van der Waals surface area contributed by atoms with Gasteiger partial charge in [0.2, 0.25) is 0 Å². The van der Waals surface area contributed by atoms with Crippen LogP contribution in [0, 0.1) is 5.92 Å². The van der Waals surface area contributed by atoms with Crippen LogP contribution in [0.4, 0.5) is 5.69 Å². The molecule has 0 amide bonds. The first-order chi connectivity index (χ1) is 11.1. The van der Waals surface area contributed by atoms with E-state index in [2.05, 4.69) is 0 Å². The van der Waals surface area contributed by atoms with Gasteiger partial charge in [0.15, 0.2) is 5.78 Å². The first-order valence-corrected chi connectivity index (χ1v) is 7.99. The molecule has 2 N–H and O–H groups in total. The Morgan fingerprint density at radius 3 is 2.12 bits per heavy atom.